The fraction of sp³-hybridized carbons (Fsp3) is 0.389. The number of hydrogen-bond acceptors (Lipinski definition) is 5. The fourth-order valence-corrected chi connectivity index (χ4v) is 8.70. The van der Waals surface area contributed by atoms with Gasteiger partial charge in [0.25, 0.3) is 5.91 Å². The van der Waals surface area contributed by atoms with Gasteiger partial charge in [0.05, 0.1) is 37.4 Å². The number of halogens is 2. The average molecular weight is 708 g/mol. The molecule has 3 heterocycles. The van der Waals surface area contributed by atoms with Gasteiger partial charge in [-0.25, -0.2) is 22.3 Å². The maximum atomic E-state index is 16.1. The van der Waals surface area contributed by atoms with Crippen LogP contribution in [-0.4, -0.2) is 66.7 Å². The molecule has 0 radical (unpaired) electrons. The summed E-state index contributed by atoms with van der Waals surface area (Å²) in [5.41, 5.74) is 4.65. The Morgan fingerprint density at radius 3 is 2.39 bits per heavy atom. The molecular formula is C36H39F2N5O4S2. The normalized spacial score (nSPS) is 17.1. The van der Waals surface area contributed by atoms with Gasteiger partial charge in [-0.05, 0) is 87.9 Å². The predicted molar refractivity (Wildman–Crippen MR) is 187 cm³/mol. The zero-order valence-corrected chi connectivity index (χ0v) is 29.5. The minimum atomic E-state index is -5.22. The Morgan fingerprint density at radius 2 is 1.69 bits per heavy atom. The van der Waals surface area contributed by atoms with Gasteiger partial charge in [-0.1, -0.05) is 36.4 Å². The Bertz CT molecular complexity index is 2220. The second kappa shape index (κ2) is 12.1. The Hall–Kier alpha value is -3.94. The van der Waals surface area contributed by atoms with Crippen LogP contribution in [0, 0.1) is 5.92 Å². The number of carbonyl (C=O) groups is 1. The molecule has 49 heavy (non-hydrogen) atoms. The molecule has 3 aromatic carbocycles. The topological polar surface area (TPSA) is 106 Å². The molecule has 2 aromatic heterocycles. The number of sulfone groups is 1. The molecule has 1 fully saturated rings. The highest BCUT2D eigenvalue weighted by Gasteiger charge is 2.55. The predicted octanol–water partition coefficient (Wildman–Crippen LogP) is 6.09. The molecule has 2 atom stereocenters. The molecular weight excluding hydrogens is 669 g/mol. The van der Waals surface area contributed by atoms with Crippen LogP contribution in [0.15, 0.2) is 77.7 Å². The van der Waals surface area contributed by atoms with Gasteiger partial charge in [0.2, 0.25) is 9.84 Å². The highest BCUT2D eigenvalue weighted by atomic mass is 32.2. The van der Waals surface area contributed by atoms with Crippen LogP contribution in [0.4, 0.5) is 8.78 Å². The SMILES string of the molecule is Cn1c(-c2cc3ccccc3n2CC2CC2)nc2cc3c(cc21)CCN(C[C@H](NS(=O)C(C)(C)C)C(F)(F)S(=O)(=O)c1ccccc1)C3=O. The van der Waals surface area contributed by atoms with Crippen LogP contribution < -0.4 is 4.72 Å². The molecule has 5 aromatic rings. The third-order valence-corrected chi connectivity index (χ3v) is 13.0. The van der Waals surface area contributed by atoms with E-state index in [0.717, 1.165) is 52.2 Å². The van der Waals surface area contributed by atoms with Crippen LogP contribution in [-0.2, 0) is 40.8 Å². The maximum Gasteiger partial charge on any atom is 0.367 e. The largest absolute Gasteiger partial charge is 0.367 e. The smallest absolute Gasteiger partial charge is 0.338 e. The first-order chi connectivity index (χ1) is 23.2. The molecule has 1 amide bonds. The number of carbonyl (C=O) groups excluding carboxylic acids is 1. The second-order valence-corrected chi connectivity index (χ2v) is 18.1. The molecule has 1 N–H and O–H groups in total. The van der Waals surface area contributed by atoms with E-state index in [4.69, 9.17) is 4.98 Å². The standard InChI is InChI=1S/C36H39F2N5O4S2/c1-35(2,3)48(45)40-32(36(37,38)49(46,47)26-11-6-5-7-12-26)22-42-17-16-24-18-30-28(20-27(24)34(42)44)39-33(41(30)4)31-19-25-10-8-9-13-29(25)43(31)21-23-14-15-23/h5-13,18-20,23,32,40H,14-17,21-22H2,1-4H3/t32-,48?/m0/s1. The van der Waals surface area contributed by atoms with Gasteiger partial charge < -0.3 is 14.0 Å². The number of hydrogen-bond donors (Lipinski definition) is 1. The number of aromatic nitrogens is 3. The Morgan fingerprint density at radius 1 is 1.00 bits per heavy atom. The lowest BCUT2D eigenvalue weighted by Crippen LogP contribution is -2.58. The molecule has 1 saturated carbocycles. The molecule has 258 valence electrons. The van der Waals surface area contributed by atoms with Crippen molar-refractivity contribution in [1.82, 2.24) is 23.7 Å². The van der Waals surface area contributed by atoms with Gasteiger partial charge in [-0.2, -0.15) is 8.78 Å². The molecule has 1 unspecified atom stereocenters. The summed E-state index contributed by atoms with van der Waals surface area (Å²) in [6.07, 6.45) is 2.77. The quantitative estimate of drug-likeness (QED) is 0.189. The number of aryl methyl sites for hydroxylation is 1. The van der Waals surface area contributed by atoms with Crippen LogP contribution in [0.25, 0.3) is 33.5 Å². The average Bonchev–Trinajstić information content (AvgIpc) is 3.74. The van der Waals surface area contributed by atoms with E-state index in [1.54, 1.807) is 26.8 Å². The van der Waals surface area contributed by atoms with Crippen molar-refractivity contribution in [2.24, 2.45) is 13.0 Å². The van der Waals surface area contributed by atoms with Crippen LogP contribution in [0.3, 0.4) is 0 Å². The molecule has 0 spiro atoms. The van der Waals surface area contributed by atoms with E-state index in [1.807, 2.05) is 29.8 Å². The van der Waals surface area contributed by atoms with E-state index in [2.05, 4.69) is 27.5 Å². The van der Waals surface area contributed by atoms with Crippen molar-refractivity contribution in [3.63, 3.8) is 0 Å². The molecule has 0 bridgehead atoms. The fourth-order valence-electron chi connectivity index (χ4n) is 6.45. The number of rotatable bonds is 10. The molecule has 1 aliphatic heterocycles. The summed E-state index contributed by atoms with van der Waals surface area (Å²) in [6.45, 7) is 5.09. The van der Waals surface area contributed by atoms with Crippen molar-refractivity contribution >= 4 is 48.7 Å². The second-order valence-electron chi connectivity index (χ2n) is 14.1. The van der Waals surface area contributed by atoms with Crippen molar-refractivity contribution in [3.05, 3.63) is 83.9 Å². The van der Waals surface area contributed by atoms with Crippen molar-refractivity contribution in [1.29, 1.82) is 0 Å². The number of amides is 1. The minimum absolute atomic E-state index is 0.0828. The molecule has 13 heteroatoms. The van der Waals surface area contributed by atoms with Crippen molar-refractivity contribution < 1.29 is 26.2 Å². The summed E-state index contributed by atoms with van der Waals surface area (Å²) in [7, 11) is -5.32. The Balaban J connectivity index is 1.23. The third kappa shape index (κ3) is 5.99. The highest BCUT2D eigenvalue weighted by Crippen LogP contribution is 2.38. The van der Waals surface area contributed by atoms with Gasteiger partial charge in [-0.15, -0.1) is 0 Å². The van der Waals surface area contributed by atoms with Gasteiger partial charge >= 0.3 is 5.25 Å². The van der Waals surface area contributed by atoms with Gasteiger partial charge in [0, 0.05) is 43.1 Å². The van der Waals surface area contributed by atoms with Crippen molar-refractivity contribution in [2.75, 3.05) is 13.1 Å². The lowest BCUT2D eigenvalue weighted by molar-refractivity contribution is 0.0356. The van der Waals surface area contributed by atoms with E-state index in [9.17, 15) is 17.4 Å². The Kier molecular flexibility index (Phi) is 8.31. The van der Waals surface area contributed by atoms with E-state index in [-0.39, 0.29) is 6.54 Å². The third-order valence-electron chi connectivity index (χ3n) is 9.48. The lowest BCUT2D eigenvalue weighted by Gasteiger charge is -2.35. The first kappa shape index (κ1) is 33.6. The van der Waals surface area contributed by atoms with E-state index in [1.165, 1.54) is 35.9 Å². The number of alkyl halides is 2. The van der Waals surface area contributed by atoms with E-state index in [0.29, 0.717) is 23.4 Å². The van der Waals surface area contributed by atoms with Crippen LogP contribution >= 0.6 is 0 Å². The summed E-state index contributed by atoms with van der Waals surface area (Å²) in [6, 6.07) is 18.3. The van der Waals surface area contributed by atoms with Crippen LogP contribution in [0.2, 0.25) is 0 Å². The van der Waals surface area contributed by atoms with E-state index < -0.39 is 54.2 Å². The zero-order valence-electron chi connectivity index (χ0n) is 27.8. The molecule has 2 aliphatic rings. The van der Waals surface area contributed by atoms with Crippen molar-refractivity contribution in [2.45, 2.75) is 67.5 Å². The first-order valence-corrected chi connectivity index (χ1v) is 19.0. The molecule has 0 saturated heterocycles. The zero-order chi connectivity index (χ0) is 34.9. The van der Waals surface area contributed by atoms with Crippen molar-refractivity contribution in [3.8, 4) is 11.5 Å². The van der Waals surface area contributed by atoms with Crippen LogP contribution in [0.1, 0.15) is 49.5 Å². The number of nitrogens with zero attached hydrogens (tertiary/aromatic N) is 4. The first-order valence-electron chi connectivity index (χ1n) is 16.4. The summed E-state index contributed by atoms with van der Waals surface area (Å²) >= 11 is 0. The van der Waals surface area contributed by atoms with Gasteiger partial charge in [0.15, 0.2) is 5.82 Å². The summed E-state index contributed by atoms with van der Waals surface area (Å²) < 4.78 is 77.7. The van der Waals surface area contributed by atoms with Gasteiger partial charge in [-0.3, -0.25) is 4.79 Å². The molecule has 7 rings (SSSR count). The molecule has 1 aliphatic carbocycles. The lowest BCUT2D eigenvalue weighted by atomic mass is 9.97. The monoisotopic (exact) mass is 707 g/mol. The summed E-state index contributed by atoms with van der Waals surface area (Å²) in [5, 5.41) is -3.27. The number of nitrogens with one attached hydrogen (secondary N) is 1. The number of benzene rings is 3. The van der Waals surface area contributed by atoms with Gasteiger partial charge in [0.1, 0.15) is 6.04 Å². The van der Waals surface area contributed by atoms with Crippen LogP contribution in [0.5, 0.6) is 0 Å². The van der Waals surface area contributed by atoms with E-state index >= 15 is 8.78 Å². The minimum Gasteiger partial charge on any atom is -0.338 e. The highest BCUT2D eigenvalue weighted by molar-refractivity contribution is 7.92. The summed E-state index contributed by atoms with van der Waals surface area (Å²) in [5.74, 6) is 0.881. The number of para-hydroxylation sites is 1. The Labute approximate surface area is 286 Å². The summed E-state index contributed by atoms with van der Waals surface area (Å²) in [4.78, 5) is 19.6. The number of fused-ring (bicyclic) bond motifs is 3. The molecule has 9 nitrogen and oxygen atoms in total. The number of imidazole rings is 1. The maximum absolute atomic E-state index is 16.1.